The fraction of sp³-hybridized carbons (Fsp3) is 0.600. The first-order chi connectivity index (χ1) is 8.54. The second-order valence-electron chi connectivity index (χ2n) is 4.44. The average Bonchev–Trinajstić information content (AvgIpc) is 2.87. The summed E-state index contributed by atoms with van der Waals surface area (Å²) in [7, 11) is 0. The van der Waals surface area contributed by atoms with Crippen molar-refractivity contribution in [3.63, 3.8) is 0 Å². The zero-order valence-electron chi connectivity index (χ0n) is 9.85. The normalized spacial score (nSPS) is 23.1. The van der Waals surface area contributed by atoms with Crippen molar-refractivity contribution in [1.29, 1.82) is 10.8 Å². The zero-order chi connectivity index (χ0) is 13.1. The standard InChI is InChI=1S/C10H16N6S2/c11-8(18-9(12)13)6-2-1-5(3-6)4-7-15-16-10(14)17-7/h5-6,11H,1-4H2,(H3,12,13)(H2,14,16). The topological polar surface area (TPSA) is 126 Å². The molecule has 0 bridgehead atoms. The largest absolute Gasteiger partial charge is 0.378 e. The van der Waals surface area contributed by atoms with E-state index in [0.717, 1.165) is 42.5 Å². The van der Waals surface area contributed by atoms with Gasteiger partial charge in [-0.3, -0.25) is 10.8 Å². The lowest BCUT2D eigenvalue weighted by Crippen LogP contribution is -2.14. The van der Waals surface area contributed by atoms with Crippen LogP contribution in [-0.2, 0) is 6.42 Å². The van der Waals surface area contributed by atoms with Crippen molar-refractivity contribution < 1.29 is 0 Å². The molecule has 1 fully saturated rings. The third-order valence-electron chi connectivity index (χ3n) is 3.08. The van der Waals surface area contributed by atoms with Crippen molar-refractivity contribution in [1.82, 2.24) is 10.2 Å². The van der Waals surface area contributed by atoms with Gasteiger partial charge in [-0.1, -0.05) is 11.3 Å². The van der Waals surface area contributed by atoms with Crippen LogP contribution in [0.2, 0.25) is 0 Å². The minimum absolute atomic E-state index is 0.000321. The molecule has 1 aromatic heterocycles. The van der Waals surface area contributed by atoms with E-state index in [0.29, 0.717) is 16.1 Å². The number of nitrogens with zero attached hydrogens (tertiary/aromatic N) is 2. The summed E-state index contributed by atoms with van der Waals surface area (Å²) in [4.78, 5) is 0. The highest BCUT2D eigenvalue weighted by atomic mass is 32.2. The molecule has 1 heterocycles. The summed E-state index contributed by atoms with van der Waals surface area (Å²) in [6.07, 6.45) is 3.95. The molecular formula is C10H16N6S2. The number of amidine groups is 1. The van der Waals surface area contributed by atoms with Crippen molar-refractivity contribution in [3.8, 4) is 0 Å². The Hall–Kier alpha value is -1.15. The lowest BCUT2D eigenvalue weighted by Gasteiger charge is -2.10. The van der Waals surface area contributed by atoms with Gasteiger partial charge in [-0.2, -0.15) is 0 Å². The highest BCUT2D eigenvalue weighted by molar-refractivity contribution is 8.26. The summed E-state index contributed by atoms with van der Waals surface area (Å²) in [5.41, 5.74) is 10.9. The van der Waals surface area contributed by atoms with Gasteiger partial charge in [0.1, 0.15) is 5.01 Å². The van der Waals surface area contributed by atoms with Gasteiger partial charge in [0.15, 0.2) is 5.17 Å². The van der Waals surface area contributed by atoms with Gasteiger partial charge < -0.3 is 11.5 Å². The number of anilines is 1. The Bertz CT molecular complexity index is 457. The Morgan fingerprint density at radius 2 is 2.17 bits per heavy atom. The summed E-state index contributed by atoms with van der Waals surface area (Å²) < 4.78 is 0. The number of thioether (sulfide) groups is 1. The number of hydrogen-bond acceptors (Lipinski definition) is 7. The van der Waals surface area contributed by atoms with E-state index in [1.165, 1.54) is 11.3 Å². The van der Waals surface area contributed by atoms with Gasteiger partial charge in [0, 0.05) is 12.3 Å². The maximum absolute atomic E-state index is 7.89. The molecule has 2 rings (SSSR count). The highest BCUT2D eigenvalue weighted by Gasteiger charge is 2.29. The lowest BCUT2D eigenvalue weighted by molar-refractivity contribution is 0.533. The van der Waals surface area contributed by atoms with Gasteiger partial charge in [-0.05, 0) is 36.9 Å². The van der Waals surface area contributed by atoms with E-state index in [1.54, 1.807) is 0 Å². The molecule has 2 unspecified atom stereocenters. The first-order valence-corrected chi connectivity index (χ1v) is 7.36. The summed E-state index contributed by atoms with van der Waals surface area (Å²) in [5.74, 6) is 0.782. The SMILES string of the molecule is N=C(N)SC(=N)C1CCC(Cc2nnc(N)s2)C1. The molecule has 98 valence electrons. The molecular weight excluding hydrogens is 268 g/mol. The molecule has 0 radical (unpaired) electrons. The number of rotatable bonds is 3. The first kappa shape index (κ1) is 13.3. The maximum Gasteiger partial charge on any atom is 0.203 e. The molecule has 0 amide bonds. The van der Waals surface area contributed by atoms with E-state index in [1.807, 2.05) is 0 Å². The van der Waals surface area contributed by atoms with E-state index < -0.39 is 0 Å². The molecule has 1 aliphatic rings. The molecule has 6 N–H and O–H groups in total. The Morgan fingerprint density at radius 3 is 2.78 bits per heavy atom. The minimum atomic E-state index is 0.000321. The minimum Gasteiger partial charge on any atom is -0.378 e. The van der Waals surface area contributed by atoms with Crippen molar-refractivity contribution in [3.05, 3.63) is 5.01 Å². The van der Waals surface area contributed by atoms with Crippen LogP contribution in [0.4, 0.5) is 5.13 Å². The van der Waals surface area contributed by atoms with Crippen LogP contribution in [-0.4, -0.2) is 20.4 Å². The van der Waals surface area contributed by atoms with Crippen LogP contribution in [0.3, 0.4) is 0 Å². The molecule has 1 aliphatic carbocycles. The van der Waals surface area contributed by atoms with Crippen LogP contribution in [0.5, 0.6) is 0 Å². The van der Waals surface area contributed by atoms with Crippen LogP contribution < -0.4 is 11.5 Å². The molecule has 0 saturated heterocycles. The van der Waals surface area contributed by atoms with Crippen LogP contribution in [0.1, 0.15) is 24.3 Å². The average molecular weight is 284 g/mol. The summed E-state index contributed by atoms with van der Waals surface area (Å²) in [6.45, 7) is 0. The van der Waals surface area contributed by atoms with E-state index >= 15 is 0 Å². The Kier molecular flexibility index (Phi) is 4.18. The Morgan fingerprint density at radius 1 is 1.39 bits per heavy atom. The van der Waals surface area contributed by atoms with Crippen LogP contribution in [0, 0.1) is 22.7 Å². The summed E-state index contributed by atoms with van der Waals surface area (Å²) >= 11 is 2.50. The van der Waals surface area contributed by atoms with Crippen molar-refractivity contribution in [2.75, 3.05) is 5.73 Å². The monoisotopic (exact) mass is 284 g/mol. The number of nitrogen functional groups attached to an aromatic ring is 1. The molecule has 1 aromatic rings. The van der Waals surface area contributed by atoms with E-state index in [2.05, 4.69) is 10.2 Å². The molecule has 0 spiro atoms. The van der Waals surface area contributed by atoms with Crippen molar-refractivity contribution in [2.45, 2.75) is 25.7 Å². The second-order valence-corrected chi connectivity index (χ2v) is 6.62. The smallest absolute Gasteiger partial charge is 0.203 e. The predicted octanol–water partition coefficient (Wildman–Crippen LogP) is 1.68. The fourth-order valence-electron chi connectivity index (χ4n) is 2.30. The summed E-state index contributed by atoms with van der Waals surface area (Å²) in [6, 6.07) is 0. The van der Waals surface area contributed by atoms with Crippen LogP contribution in [0.15, 0.2) is 0 Å². The summed E-state index contributed by atoms with van der Waals surface area (Å²) in [5, 5.41) is 24.9. The molecule has 6 nitrogen and oxygen atoms in total. The van der Waals surface area contributed by atoms with Crippen molar-refractivity contribution in [2.24, 2.45) is 17.6 Å². The van der Waals surface area contributed by atoms with Crippen molar-refractivity contribution >= 4 is 38.4 Å². The molecule has 2 atom stereocenters. The number of nitrogens with one attached hydrogen (secondary N) is 2. The molecule has 18 heavy (non-hydrogen) atoms. The first-order valence-electron chi connectivity index (χ1n) is 5.72. The Labute approximate surface area is 114 Å². The molecule has 1 saturated carbocycles. The van der Waals surface area contributed by atoms with E-state index in [-0.39, 0.29) is 11.1 Å². The number of nitrogens with two attached hydrogens (primary N) is 2. The van der Waals surface area contributed by atoms with E-state index in [4.69, 9.17) is 22.3 Å². The van der Waals surface area contributed by atoms with Crippen LogP contribution >= 0.6 is 23.1 Å². The van der Waals surface area contributed by atoms with Gasteiger partial charge in [-0.15, -0.1) is 10.2 Å². The molecule has 0 aromatic carbocycles. The van der Waals surface area contributed by atoms with Gasteiger partial charge >= 0.3 is 0 Å². The lowest BCUT2D eigenvalue weighted by atomic mass is 10.0. The van der Waals surface area contributed by atoms with Crippen LogP contribution in [0.25, 0.3) is 0 Å². The number of hydrogen-bond donors (Lipinski definition) is 4. The third kappa shape index (κ3) is 3.42. The second kappa shape index (κ2) is 5.66. The fourth-order valence-corrected chi connectivity index (χ4v) is 3.64. The Balaban J connectivity index is 1.85. The predicted molar refractivity (Wildman–Crippen MR) is 76.1 cm³/mol. The van der Waals surface area contributed by atoms with Gasteiger partial charge in [-0.25, -0.2) is 0 Å². The molecule has 0 aliphatic heterocycles. The van der Waals surface area contributed by atoms with Gasteiger partial charge in [0.05, 0.1) is 5.04 Å². The molecule has 8 heteroatoms. The maximum atomic E-state index is 7.89. The highest BCUT2D eigenvalue weighted by Crippen LogP contribution is 2.36. The quantitative estimate of drug-likeness (QED) is 0.496. The zero-order valence-corrected chi connectivity index (χ0v) is 11.5. The number of aromatic nitrogens is 2. The van der Waals surface area contributed by atoms with Gasteiger partial charge in [0.2, 0.25) is 5.13 Å². The van der Waals surface area contributed by atoms with E-state index in [9.17, 15) is 0 Å². The third-order valence-corrected chi connectivity index (χ3v) is 4.63. The van der Waals surface area contributed by atoms with Gasteiger partial charge in [0.25, 0.3) is 0 Å².